The highest BCUT2D eigenvalue weighted by molar-refractivity contribution is 7.88. The molecule has 5 rings (SSSR count). The zero-order valence-corrected chi connectivity index (χ0v) is 27.2. The Morgan fingerprint density at radius 1 is 1.02 bits per heavy atom. The lowest BCUT2D eigenvalue weighted by Crippen LogP contribution is -2.42. The number of aryl methyl sites for hydroxylation is 1. The second-order valence-corrected chi connectivity index (χ2v) is 13.6. The maximum Gasteiger partial charge on any atom is 0.208 e. The van der Waals surface area contributed by atoms with Crippen molar-refractivity contribution in [1.29, 1.82) is 0 Å². The normalized spacial score (nSPS) is 18.9. The summed E-state index contributed by atoms with van der Waals surface area (Å²) in [7, 11) is -1.62. The average Bonchev–Trinajstić information content (AvgIpc) is 3.06. The molecule has 3 aromatic carbocycles. The molecule has 0 aromatic heterocycles. The van der Waals surface area contributed by atoms with Gasteiger partial charge in [-0.05, 0) is 73.2 Å². The van der Waals surface area contributed by atoms with Crippen molar-refractivity contribution < 1.29 is 27.4 Å². The number of fused-ring (bicyclic) bond motifs is 1. The van der Waals surface area contributed by atoms with Crippen LogP contribution in [-0.4, -0.2) is 67.3 Å². The standard InChI is InChI=1S/C35H47N3O6S/c1-41-33-9-4-3-7-29(33)25-42-21-6-22-43-30-14-12-26(13-15-30)31-16-19-36-24-35(31)44-34(17-20-38-45(2,39)40)28-11-10-27-8-5-18-37-32(27)23-28/h3-4,7,9-15,23,31,34-38H,5-6,8,16-22,24-25H2,1-2H3/t31-,34?,35+/m1/s1. The van der Waals surface area contributed by atoms with Crippen molar-refractivity contribution in [1.82, 2.24) is 10.0 Å². The van der Waals surface area contributed by atoms with Crippen LogP contribution in [0.3, 0.4) is 0 Å². The van der Waals surface area contributed by atoms with E-state index in [4.69, 9.17) is 18.9 Å². The van der Waals surface area contributed by atoms with E-state index < -0.39 is 10.0 Å². The molecule has 0 bridgehead atoms. The van der Waals surface area contributed by atoms with E-state index in [0.29, 0.717) is 32.8 Å². The molecule has 2 heterocycles. The minimum Gasteiger partial charge on any atom is -0.496 e. The van der Waals surface area contributed by atoms with Gasteiger partial charge in [-0.2, -0.15) is 0 Å². The van der Waals surface area contributed by atoms with Gasteiger partial charge in [0.1, 0.15) is 11.5 Å². The van der Waals surface area contributed by atoms with E-state index in [1.807, 2.05) is 36.4 Å². The second-order valence-electron chi connectivity index (χ2n) is 11.8. The summed E-state index contributed by atoms with van der Waals surface area (Å²) in [6.07, 6.45) is 5.37. The number of ether oxygens (including phenoxy) is 4. The summed E-state index contributed by atoms with van der Waals surface area (Å²) in [5, 5.41) is 7.02. The van der Waals surface area contributed by atoms with Crippen molar-refractivity contribution in [2.45, 2.75) is 56.8 Å². The summed E-state index contributed by atoms with van der Waals surface area (Å²) >= 11 is 0. The van der Waals surface area contributed by atoms with Crippen LogP contribution in [0.25, 0.3) is 0 Å². The Kier molecular flexibility index (Phi) is 12.1. The van der Waals surface area contributed by atoms with Gasteiger partial charge < -0.3 is 29.6 Å². The lowest BCUT2D eigenvalue weighted by Gasteiger charge is -2.36. The Morgan fingerprint density at radius 2 is 1.87 bits per heavy atom. The van der Waals surface area contributed by atoms with Crippen molar-refractivity contribution in [2.75, 3.05) is 58.1 Å². The number of piperidine rings is 1. The fourth-order valence-electron chi connectivity index (χ4n) is 6.10. The zero-order valence-electron chi connectivity index (χ0n) is 26.4. The molecule has 0 aliphatic carbocycles. The molecule has 1 unspecified atom stereocenters. The molecule has 3 aromatic rings. The second kappa shape index (κ2) is 16.4. The molecule has 244 valence electrons. The molecule has 1 saturated heterocycles. The van der Waals surface area contributed by atoms with Gasteiger partial charge in [-0.15, -0.1) is 0 Å². The summed E-state index contributed by atoms with van der Waals surface area (Å²) in [6, 6.07) is 22.7. The van der Waals surface area contributed by atoms with E-state index in [1.165, 1.54) is 17.4 Å². The maximum atomic E-state index is 11.8. The lowest BCUT2D eigenvalue weighted by molar-refractivity contribution is -0.0389. The lowest BCUT2D eigenvalue weighted by atomic mass is 9.87. The quantitative estimate of drug-likeness (QED) is 0.185. The summed E-state index contributed by atoms with van der Waals surface area (Å²) in [4.78, 5) is 0. The summed E-state index contributed by atoms with van der Waals surface area (Å²) in [5.74, 6) is 1.89. The van der Waals surface area contributed by atoms with Crippen LogP contribution in [0.15, 0.2) is 66.7 Å². The number of methoxy groups -OCH3 is 1. The third kappa shape index (κ3) is 9.92. The van der Waals surface area contributed by atoms with Crippen molar-refractivity contribution in [3.05, 3.63) is 89.0 Å². The Hall–Kier alpha value is -3.15. The van der Waals surface area contributed by atoms with Gasteiger partial charge in [0.2, 0.25) is 10.0 Å². The number of para-hydroxylation sites is 1. The SMILES string of the molecule is COc1ccccc1COCCCOc1ccc([C@H]2CCNC[C@@H]2OC(CCNS(C)(=O)=O)c2ccc3c(c2)NCCC3)cc1. The molecule has 0 saturated carbocycles. The molecule has 2 aliphatic heterocycles. The number of hydrogen-bond acceptors (Lipinski definition) is 8. The number of nitrogens with one attached hydrogen (secondary N) is 3. The van der Waals surface area contributed by atoms with Crippen molar-refractivity contribution >= 4 is 15.7 Å². The van der Waals surface area contributed by atoms with Gasteiger partial charge >= 0.3 is 0 Å². The highest BCUT2D eigenvalue weighted by Crippen LogP contribution is 2.35. The minimum atomic E-state index is -3.29. The average molecular weight is 638 g/mol. The van der Waals surface area contributed by atoms with Crippen LogP contribution >= 0.6 is 0 Å². The first-order valence-electron chi connectivity index (χ1n) is 16.0. The Morgan fingerprint density at radius 3 is 2.69 bits per heavy atom. The molecule has 0 amide bonds. The largest absolute Gasteiger partial charge is 0.496 e. The number of benzene rings is 3. The Balaban J connectivity index is 1.16. The van der Waals surface area contributed by atoms with Gasteiger partial charge in [-0.1, -0.05) is 42.5 Å². The van der Waals surface area contributed by atoms with E-state index in [-0.39, 0.29) is 18.1 Å². The molecular formula is C35H47N3O6S. The molecule has 0 spiro atoms. The van der Waals surface area contributed by atoms with Crippen LogP contribution in [0.5, 0.6) is 11.5 Å². The van der Waals surface area contributed by atoms with Crippen molar-refractivity contribution in [2.24, 2.45) is 0 Å². The molecule has 3 N–H and O–H groups in total. The smallest absolute Gasteiger partial charge is 0.208 e. The highest BCUT2D eigenvalue weighted by atomic mass is 32.2. The fraction of sp³-hybridized carbons (Fsp3) is 0.486. The molecule has 2 aliphatic rings. The van der Waals surface area contributed by atoms with Gasteiger partial charge in [0.05, 0.1) is 45.4 Å². The fourth-order valence-corrected chi connectivity index (χ4v) is 6.59. The van der Waals surface area contributed by atoms with Crippen LogP contribution in [0.2, 0.25) is 0 Å². The van der Waals surface area contributed by atoms with Crippen LogP contribution in [0, 0.1) is 0 Å². The molecule has 3 atom stereocenters. The van der Waals surface area contributed by atoms with Gasteiger partial charge in [-0.3, -0.25) is 0 Å². The van der Waals surface area contributed by atoms with E-state index in [2.05, 4.69) is 45.7 Å². The number of hydrogen-bond donors (Lipinski definition) is 3. The number of sulfonamides is 1. The van der Waals surface area contributed by atoms with Crippen molar-refractivity contribution in [3.63, 3.8) is 0 Å². The Bertz CT molecular complexity index is 1470. The predicted molar refractivity (Wildman–Crippen MR) is 178 cm³/mol. The first-order valence-corrected chi connectivity index (χ1v) is 17.9. The zero-order chi connectivity index (χ0) is 31.5. The topological polar surface area (TPSA) is 107 Å². The highest BCUT2D eigenvalue weighted by Gasteiger charge is 2.30. The van der Waals surface area contributed by atoms with Crippen LogP contribution in [0.4, 0.5) is 5.69 Å². The minimum absolute atomic E-state index is 0.0573. The summed E-state index contributed by atoms with van der Waals surface area (Å²) in [6.45, 7) is 4.61. The third-order valence-corrected chi connectivity index (χ3v) is 9.17. The van der Waals surface area contributed by atoms with Crippen molar-refractivity contribution in [3.8, 4) is 11.5 Å². The van der Waals surface area contributed by atoms with E-state index in [9.17, 15) is 8.42 Å². The predicted octanol–water partition coefficient (Wildman–Crippen LogP) is 5.18. The van der Waals surface area contributed by atoms with Crippen LogP contribution in [-0.2, 0) is 32.5 Å². The summed E-state index contributed by atoms with van der Waals surface area (Å²) in [5.41, 5.74) is 5.79. The molecular weight excluding hydrogens is 590 g/mol. The molecule has 0 radical (unpaired) electrons. The van der Waals surface area contributed by atoms with Crippen LogP contribution < -0.4 is 24.8 Å². The molecule has 10 heteroatoms. The first-order chi connectivity index (χ1) is 21.9. The van der Waals surface area contributed by atoms with Gasteiger partial charge in [0.15, 0.2) is 0 Å². The van der Waals surface area contributed by atoms with E-state index in [1.54, 1.807) is 7.11 Å². The van der Waals surface area contributed by atoms with Gasteiger partial charge in [-0.25, -0.2) is 13.1 Å². The summed E-state index contributed by atoms with van der Waals surface area (Å²) < 4.78 is 50.3. The van der Waals surface area contributed by atoms with E-state index in [0.717, 1.165) is 73.6 Å². The molecule has 1 fully saturated rings. The molecule has 45 heavy (non-hydrogen) atoms. The number of rotatable bonds is 16. The van der Waals surface area contributed by atoms with E-state index >= 15 is 0 Å². The van der Waals surface area contributed by atoms with Gasteiger partial charge in [0.25, 0.3) is 0 Å². The first kappa shape index (κ1) is 33.2. The third-order valence-electron chi connectivity index (χ3n) is 8.44. The maximum absolute atomic E-state index is 11.8. The van der Waals surface area contributed by atoms with Gasteiger partial charge in [0, 0.05) is 43.2 Å². The Labute approximate surface area is 268 Å². The number of anilines is 1. The monoisotopic (exact) mass is 637 g/mol. The van der Waals surface area contributed by atoms with Crippen LogP contribution in [0.1, 0.15) is 60.0 Å². The molecule has 9 nitrogen and oxygen atoms in total.